The topological polar surface area (TPSA) is 56.8 Å². The normalized spacial score (nSPS) is 15.6. The van der Waals surface area contributed by atoms with Crippen LogP contribution in [0.5, 0.6) is 11.5 Å². The highest BCUT2D eigenvalue weighted by molar-refractivity contribution is 6.32. The van der Waals surface area contributed by atoms with E-state index in [2.05, 4.69) is 5.32 Å². The molecule has 1 aliphatic heterocycles. The highest BCUT2D eigenvalue weighted by Gasteiger charge is 2.35. The lowest BCUT2D eigenvalue weighted by molar-refractivity contribution is 0.0487. The molecule has 5 nitrogen and oxygen atoms in total. The van der Waals surface area contributed by atoms with Crippen LogP contribution in [0.25, 0.3) is 0 Å². The largest absolute Gasteiger partial charge is 0.493 e. The zero-order valence-electron chi connectivity index (χ0n) is 16.6. The number of benzene rings is 2. The highest BCUT2D eigenvalue weighted by Crippen LogP contribution is 2.37. The molecule has 0 atom stereocenters. The number of carbonyl (C=O) groups excluding carboxylic acids is 1. The maximum atomic E-state index is 12.9. The van der Waals surface area contributed by atoms with Crippen LogP contribution in [0.4, 0.5) is 0 Å². The molecule has 0 bridgehead atoms. The first-order valence-corrected chi connectivity index (χ1v) is 10.4. The van der Waals surface area contributed by atoms with Crippen molar-refractivity contribution in [3.05, 3.63) is 57.6 Å². The van der Waals surface area contributed by atoms with E-state index in [1.54, 1.807) is 12.1 Å². The molecule has 1 N–H and O–H groups in total. The number of hydrogen-bond acceptors (Lipinski definition) is 4. The van der Waals surface area contributed by atoms with Gasteiger partial charge in [0.15, 0.2) is 11.5 Å². The summed E-state index contributed by atoms with van der Waals surface area (Å²) in [6.07, 6.45) is 1.64. The minimum Gasteiger partial charge on any atom is -0.493 e. The Bertz CT molecular complexity index is 849. The predicted molar refractivity (Wildman–Crippen MR) is 115 cm³/mol. The third kappa shape index (κ3) is 4.97. The molecule has 29 heavy (non-hydrogen) atoms. The molecule has 1 saturated heterocycles. The number of halogens is 2. The van der Waals surface area contributed by atoms with E-state index in [0.717, 1.165) is 18.4 Å². The van der Waals surface area contributed by atoms with Gasteiger partial charge in [0.2, 0.25) is 0 Å². The summed E-state index contributed by atoms with van der Waals surface area (Å²) in [6, 6.07) is 11.1. The van der Waals surface area contributed by atoms with Crippen LogP contribution in [0.3, 0.4) is 0 Å². The fourth-order valence-electron chi connectivity index (χ4n) is 3.62. The zero-order chi connectivity index (χ0) is 20.9. The summed E-state index contributed by atoms with van der Waals surface area (Å²) in [5.74, 6) is 0.659. The first kappa shape index (κ1) is 21.8. The number of hydrogen-bond donors (Lipinski definition) is 1. The summed E-state index contributed by atoms with van der Waals surface area (Å²) >= 11 is 12.4. The summed E-state index contributed by atoms with van der Waals surface area (Å²) in [4.78, 5) is 12.9. The Morgan fingerprint density at radius 1 is 1.17 bits per heavy atom. The minimum atomic E-state index is -0.215. The van der Waals surface area contributed by atoms with Crippen LogP contribution in [-0.4, -0.2) is 39.4 Å². The second kappa shape index (κ2) is 9.70. The average Bonchev–Trinajstić information content (AvgIpc) is 2.74. The van der Waals surface area contributed by atoms with E-state index in [1.165, 1.54) is 7.11 Å². The van der Waals surface area contributed by atoms with E-state index in [1.807, 2.05) is 31.2 Å². The molecule has 0 aromatic heterocycles. The van der Waals surface area contributed by atoms with Crippen LogP contribution < -0.4 is 14.8 Å². The van der Waals surface area contributed by atoms with Crippen molar-refractivity contribution in [2.24, 2.45) is 0 Å². The van der Waals surface area contributed by atoms with E-state index in [-0.39, 0.29) is 11.3 Å². The molecule has 0 unspecified atom stereocenters. The van der Waals surface area contributed by atoms with Gasteiger partial charge < -0.3 is 19.5 Å². The number of methoxy groups -OCH3 is 1. The van der Waals surface area contributed by atoms with Crippen molar-refractivity contribution < 1.29 is 19.0 Å². The summed E-state index contributed by atoms with van der Waals surface area (Å²) < 4.78 is 16.4. The lowest BCUT2D eigenvalue weighted by Gasteiger charge is -2.38. The molecule has 0 aliphatic carbocycles. The van der Waals surface area contributed by atoms with Crippen molar-refractivity contribution in [1.82, 2.24) is 5.32 Å². The number of carbonyl (C=O) groups is 1. The standard InChI is InChI=1S/C22H25Cl2NO4/c1-3-29-20-18(24)12-15(13-19(20)27-2)21(26)25-14-22(8-10-28-11-9-22)16-4-6-17(23)7-5-16/h4-7,12-13H,3,8-11,14H2,1-2H3,(H,25,26). The highest BCUT2D eigenvalue weighted by atomic mass is 35.5. The number of nitrogens with one attached hydrogen (secondary N) is 1. The van der Waals surface area contributed by atoms with Gasteiger partial charge >= 0.3 is 0 Å². The molecule has 1 amide bonds. The molecule has 1 heterocycles. The van der Waals surface area contributed by atoms with Crippen LogP contribution in [0.15, 0.2) is 36.4 Å². The molecular formula is C22H25Cl2NO4. The molecule has 0 saturated carbocycles. The molecule has 7 heteroatoms. The summed E-state index contributed by atoms with van der Waals surface area (Å²) in [7, 11) is 1.52. The van der Waals surface area contributed by atoms with Gasteiger partial charge in [0.05, 0.1) is 18.7 Å². The third-order valence-corrected chi connectivity index (χ3v) is 5.81. The van der Waals surface area contributed by atoms with Crippen molar-refractivity contribution >= 4 is 29.1 Å². The molecule has 2 aromatic carbocycles. The Morgan fingerprint density at radius 2 is 1.86 bits per heavy atom. The van der Waals surface area contributed by atoms with Gasteiger partial charge in [-0.05, 0) is 49.6 Å². The molecule has 2 aromatic rings. The first-order valence-electron chi connectivity index (χ1n) is 9.61. The monoisotopic (exact) mass is 437 g/mol. The number of ether oxygens (including phenoxy) is 3. The van der Waals surface area contributed by atoms with E-state index in [4.69, 9.17) is 37.4 Å². The van der Waals surface area contributed by atoms with Crippen molar-refractivity contribution in [3.63, 3.8) is 0 Å². The van der Waals surface area contributed by atoms with E-state index in [9.17, 15) is 4.79 Å². The predicted octanol–water partition coefficient (Wildman–Crippen LogP) is 4.88. The average molecular weight is 438 g/mol. The van der Waals surface area contributed by atoms with Crippen LogP contribution in [0.2, 0.25) is 10.0 Å². The third-order valence-electron chi connectivity index (χ3n) is 5.27. The zero-order valence-corrected chi connectivity index (χ0v) is 18.1. The fraction of sp³-hybridized carbons (Fsp3) is 0.409. The van der Waals surface area contributed by atoms with Crippen LogP contribution >= 0.6 is 23.2 Å². The second-order valence-corrected chi connectivity index (χ2v) is 7.85. The maximum absolute atomic E-state index is 12.9. The molecular weight excluding hydrogens is 413 g/mol. The quantitative estimate of drug-likeness (QED) is 0.670. The van der Waals surface area contributed by atoms with Gasteiger partial charge in [-0.2, -0.15) is 0 Å². The van der Waals surface area contributed by atoms with Gasteiger partial charge in [-0.25, -0.2) is 0 Å². The van der Waals surface area contributed by atoms with Crippen molar-refractivity contribution in [1.29, 1.82) is 0 Å². The molecule has 0 spiro atoms. The SMILES string of the molecule is CCOc1c(Cl)cc(C(=O)NCC2(c3ccc(Cl)cc3)CCOCC2)cc1OC. The lowest BCUT2D eigenvalue weighted by atomic mass is 9.74. The number of rotatable bonds is 7. The maximum Gasteiger partial charge on any atom is 0.251 e. The fourth-order valence-corrected chi connectivity index (χ4v) is 4.01. The first-order chi connectivity index (χ1) is 14.0. The lowest BCUT2D eigenvalue weighted by Crippen LogP contribution is -2.44. The van der Waals surface area contributed by atoms with E-state index < -0.39 is 0 Å². The molecule has 3 rings (SSSR count). The van der Waals surface area contributed by atoms with Gasteiger partial charge in [-0.1, -0.05) is 35.3 Å². The van der Waals surface area contributed by atoms with Crippen molar-refractivity contribution in [3.8, 4) is 11.5 Å². The Hall–Kier alpha value is -1.95. The minimum absolute atomic E-state index is 0.197. The summed E-state index contributed by atoms with van der Waals surface area (Å²) in [6.45, 7) is 4.11. The van der Waals surface area contributed by atoms with Gasteiger partial charge in [-0.3, -0.25) is 4.79 Å². The van der Waals surface area contributed by atoms with Gasteiger partial charge in [0.1, 0.15) is 0 Å². The Kier molecular flexibility index (Phi) is 7.28. The summed E-state index contributed by atoms with van der Waals surface area (Å²) in [5.41, 5.74) is 1.37. The van der Waals surface area contributed by atoms with Crippen LogP contribution in [-0.2, 0) is 10.2 Å². The molecule has 1 fully saturated rings. The van der Waals surface area contributed by atoms with Crippen molar-refractivity contribution in [2.45, 2.75) is 25.2 Å². The van der Waals surface area contributed by atoms with Gasteiger partial charge in [0, 0.05) is 35.8 Å². The van der Waals surface area contributed by atoms with Gasteiger partial charge in [-0.15, -0.1) is 0 Å². The Morgan fingerprint density at radius 3 is 2.48 bits per heavy atom. The second-order valence-electron chi connectivity index (χ2n) is 7.00. The Balaban J connectivity index is 1.80. The van der Waals surface area contributed by atoms with E-state index in [0.29, 0.717) is 53.5 Å². The smallest absolute Gasteiger partial charge is 0.251 e. The van der Waals surface area contributed by atoms with Crippen LogP contribution in [0, 0.1) is 0 Å². The number of amides is 1. The molecule has 0 radical (unpaired) electrons. The summed E-state index contributed by atoms with van der Waals surface area (Å²) in [5, 5.41) is 4.10. The molecule has 1 aliphatic rings. The van der Waals surface area contributed by atoms with Crippen molar-refractivity contribution in [2.75, 3.05) is 33.5 Å². The molecule has 156 valence electrons. The van der Waals surface area contributed by atoms with Crippen LogP contribution in [0.1, 0.15) is 35.7 Å². The van der Waals surface area contributed by atoms with Gasteiger partial charge in [0.25, 0.3) is 5.91 Å². The van der Waals surface area contributed by atoms with E-state index >= 15 is 0 Å². The Labute approximate surface area is 181 Å².